The molecule has 0 N–H and O–H groups in total. The van der Waals surface area contributed by atoms with E-state index in [9.17, 15) is 0 Å². The van der Waals surface area contributed by atoms with Gasteiger partial charge in [-0.1, -0.05) is 40.8 Å². The molecule has 1 saturated carbocycles. The molecule has 0 saturated heterocycles. The molecule has 0 atom stereocenters. The van der Waals surface area contributed by atoms with Gasteiger partial charge in [0.25, 0.3) is 0 Å². The summed E-state index contributed by atoms with van der Waals surface area (Å²) in [5.74, 6) is 7.32. The molecule has 0 unspecified atom stereocenters. The van der Waals surface area contributed by atoms with Gasteiger partial charge in [-0.25, -0.2) is 9.97 Å². The van der Waals surface area contributed by atoms with Gasteiger partial charge in [-0.2, -0.15) is 0 Å². The van der Waals surface area contributed by atoms with Crippen molar-refractivity contribution in [3.8, 4) is 11.8 Å². The molecular weight excluding hydrogens is 350 g/mol. The second kappa shape index (κ2) is 6.17. The first-order valence-corrected chi connectivity index (χ1v) is 8.71. The van der Waals surface area contributed by atoms with Crippen LogP contribution >= 0.6 is 15.9 Å². The van der Waals surface area contributed by atoms with Crippen LogP contribution in [-0.2, 0) is 0 Å². The summed E-state index contributed by atoms with van der Waals surface area (Å²) in [6.45, 7) is 0. The number of rotatable bonds is 1. The average molecular weight is 366 g/mol. The Balaban J connectivity index is 1.82. The Hall–Kier alpha value is -2.12. The number of pyridine rings is 1. The molecule has 0 bridgehead atoms. The van der Waals surface area contributed by atoms with Crippen LogP contribution in [0, 0.1) is 11.8 Å². The summed E-state index contributed by atoms with van der Waals surface area (Å²) in [6, 6.07) is 12.4. The lowest BCUT2D eigenvalue weighted by molar-refractivity contribution is 0.524. The first kappa shape index (κ1) is 14.5. The minimum absolute atomic E-state index is 0.474. The topological polar surface area (TPSA) is 30.7 Å². The van der Waals surface area contributed by atoms with Crippen molar-refractivity contribution in [2.24, 2.45) is 0 Å². The maximum atomic E-state index is 4.71. The quantitative estimate of drug-likeness (QED) is 0.584. The van der Waals surface area contributed by atoms with Crippen molar-refractivity contribution in [2.75, 3.05) is 0 Å². The first-order valence-electron chi connectivity index (χ1n) is 7.92. The van der Waals surface area contributed by atoms with Crippen LogP contribution in [0.5, 0.6) is 0 Å². The molecule has 3 nitrogen and oxygen atoms in total. The highest BCUT2D eigenvalue weighted by atomic mass is 79.9. The summed E-state index contributed by atoms with van der Waals surface area (Å²) in [4.78, 5) is 9.25. The molecule has 1 aliphatic carbocycles. The second-order valence-corrected chi connectivity index (χ2v) is 6.77. The molecule has 0 amide bonds. The third-order valence-corrected chi connectivity index (χ3v) is 4.78. The molecule has 2 heterocycles. The molecule has 1 fully saturated rings. The minimum Gasteiger partial charge on any atom is -0.299 e. The Labute approximate surface area is 143 Å². The average Bonchev–Trinajstić information content (AvgIpc) is 3.19. The van der Waals surface area contributed by atoms with E-state index in [0.717, 1.165) is 27.0 Å². The molecular formula is C19H16BrN3. The fraction of sp³-hybridized carbons (Fsp3) is 0.263. The Kier molecular flexibility index (Phi) is 3.88. The maximum Gasteiger partial charge on any atom is 0.188 e. The van der Waals surface area contributed by atoms with Gasteiger partial charge in [0.15, 0.2) is 11.5 Å². The van der Waals surface area contributed by atoms with Crippen LogP contribution in [0.25, 0.3) is 11.2 Å². The number of halogens is 1. The molecule has 3 aromatic rings. The molecule has 0 spiro atoms. The third kappa shape index (κ3) is 2.89. The van der Waals surface area contributed by atoms with Gasteiger partial charge in [0, 0.05) is 22.3 Å². The van der Waals surface area contributed by atoms with Crippen molar-refractivity contribution in [2.45, 2.75) is 31.7 Å². The van der Waals surface area contributed by atoms with Crippen molar-refractivity contribution >= 4 is 27.1 Å². The Morgan fingerprint density at radius 3 is 2.78 bits per heavy atom. The number of imidazole rings is 1. The van der Waals surface area contributed by atoms with Crippen LogP contribution in [0.4, 0.5) is 0 Å². The third-order valence-electron chi connectivity index (χ3n) is 4.28. The summed E-state index contributed by atoms with van der Waals surface area (Å²) in [7, 11) is 0. The summed E-state index contributed by atoms with van der Waals surface area (Å²) in [5, 5.41) is 0. The van der Waals surface area contributed by atoms with Crippen LogP contribution in [-0.4, -0.2) is 14.5 Å². The summed E-state index contributed by atoms with van der Waals surface area (Å²) in [5.41, 5.74) is 2.87. The molecule has 0 aliphatic heterocycles. The minimum atomic E-state index is 0.474. The highest BCUT2D eigenvalue weighted by molar-refractivity contribution is 9.10. The van der Waals surface area contributed by atoms with Crippen LogP contribution in [0.3, 0.4) is 0 Å². The van der Waals surface area contributed by atoms with Crippen molar-refractivity contribution in [1.29, 1.82) is 0 Å². The molecule has 23 heavy (non-hydrogen) atoms. The predicted molar refractivity (Wildman–Crippen MR) is 95.2 cm³/mol. The number of fused-ring (bicyclic) bond motifs is 1. The van der Waals surface area contributed by atoms with Gasteiger partial charge < -0.3 is 0 Å². The van der Waals surface area contributed by atoms with Crippen molar-refractivity contribution in [3.05, 3.63) is 58.5 Å². The standard InChI is InChI=1S/C19H16BrN3/c20-15-6-3-5-14(13-15)10-11-18-22-17-9-4-12-21-19(17)23(18)16-7-1-2-8-16/h3-6,9,12-13,16H,1-2,7-8H2. The molecule has 0 radical (unpaired) electrons. The van der Waals surface area contributed by atoms with Gasteiger partial charge in [0.1, 0.15) is 5.52 Å². The zero-order valence-electron chi connectivity index (χ0n) is 12.7. The lowest BCUT2D eigenvalue weighted by Gasteiger charge is -2.13. The smallest absolute Gasteiger partial charge is 0.188 e. The number of nitrogens with zero attached hydrogens (tertiary/aromatic N) is 3. The van der Waals surface area contributed by atoms with Crippen LogP contribution in [0.2, 0.25) is 0 Å². The SMILES string of the molecule is Brc1cccc(C#Cc2nc3cccnc3n2C2CCCC2)c1. The summed E-state index contributed by atoms with van der Waals surface area (Å²) < 4.78 is 3.28. The first-order chi connectivity index (χ1) is 11.3. The van der Waals surface area contributed by atoms with E-state index in [0.29, 0.717) is 6.04 Å². The summed E-state index contributed by atoms with van der Waals surface area (Å²) in [6.07, 6.45) is 6.76. The van der Waals surface area contributed by atoms with Gasteiger partial charge in [0.2, 0.25) is 0 Å². The Morgan fingerprint density at radius 2 is 1.96 bits per heavy atom. The summed E-state index contributed by atoms with van der Waals surface area (Å²) >= 11 is 3.49. The predicted octanol–water partition coefficient (Wildman–Crippen LogP) is 4.71. The van der Waals surface area contributed by atoms with Gasteiger partial charge in [-0.3, -0.25) is 4.57 Å². The maximum absolute atomic E-state index is 4.71. The monoisotopic (exact) mass is 365 g/mol. The van der Waals surface area contributed by atoms with E-state index < -0.39 is 0 Å². The van der Waals surface area contributed by atoms with Crippen molar-refractivity contribution < 1.29 is 0 Å². The van der Waals surface area contributed by atoms with E-state index in [-0.39, 0.29) is 0 Å². The van der Waals surface area contributed by atoms with E-state index in [1.807, 2.05) is 42.6 Å². The second-order valence-electron chi connectivity index (χ2n) is 5.85. The van der Waals surface area contributed by atoms with Gasteiger partial charge in [-0.15, -0.1) is 0 Å². The van der Waals surface area contributed by atoms with Gasteiger partial charge in [-0.05, 0) is 49.1 Å². The molecule has 114 valence electrons. The lowest BCUT2D eigenvalue weighted by Crippen LogP contribution is -2.08. The molecule has 1 aromatic carbocycles. The normalized spacial score (nSPS) is 14.8. The van der Waals surface area contributed by atoms with E-state index in [1.165, 1.54) is 25.7 Å². The van der Waals surface area contributed by atoms with Crippen molar-refractivity contribution in [1.82, 2.24) is 14.5 Å². The van der Waals surface area contributed by atoms with Gasteiger partial charge >= 0.3 is 0 Å². The lowest BCUT2D eigenvalue weighted by atomic mass is 10.2. The highest BCUT2D eigenvalue weighted by Crippen LogP contribution is 2.32. The number of benzene rings is 1. The van der Waals surface area contributed by atoms with E-state index >= 15 is 0 Å². The number of aromatic nitrogens is 3. The largest absolute Gasteiger partial charge is 0.299 e. The Bertz CT molecular complexity index is 911. The zero-order valence-corrected chi connectivity index (χ0v) is 14.3. The van der Waals surface area contributed by atoms with Crippen LogP contribution in [0.15, 0.2) is 47.1 Å². The van der Waals surface area contributed by atoms with E-state index in [1.54, 1.807) is 0 Å². The fourth-order valence-corrected chi connectivity index (χ4v) is 3.62. The van der Waals surface area contributed by atoms with Gasteiger partial charge in [0.05, 0.1) is 0 Å². The number of hydrogen-bond acceptors (Lipinski definition) is 2. The van der Waals surface area contributed by atoms with E-state index in [4.69, 9.17) is 4.98 Å². The number of hydrogen-bond donors (Lipinski definition) is 0. The zero-order chi connectivity index (χ0) is 15.6. The fourth-order valence-electron chi connectivity index (χ4n) is 3.22. The molecule has 4 heteroatoms. The Morgan fingerprint density at radius 1 is 1.09 bits per heavy atom. The highest BCUT2D eigenvalue weighted by Gasteiger charge is 2.22. The van der Waals surface area contributed by atoms with Crippen LogP contribution in [0.1, 0.15) is 43.1 Å². The van der Waals surface area contributed by atoms with Crippen molar-refractivity contribution in [3.63, 3.8) is 0 Å². The van der Waals surface area contributed by atoms with Crippen LogP contribution < -0.4 is 0 Å². The molecule has 1 aliphatic rings. The van der Waals surface area contributed by atoms with E-state index in [2.05, 4.69) is 37.3 Å². The molecule has 2 aromatic heterocycles. The molecule has 4 rings (SSSR count).